The van der Waals surface area contributed by atoms with Crippen molar-refractivity contribution in [3.63, 3.8) is 0 Å². The predicted molar refractivity (Wildman–Crippen MR) is 107 cm³/mol. The average Bonchev–Trinajstić information content (AvgIpc) is 2.68. The molecule has 0 aliphatic carbocycles. The minimum absolute atomic E-state index is 0.185. The minimum atomic E-state index is -0.415. The summed E-state index contributed by atoms with van der Waals surface area (Å²) in [7, 11) is 0. The molecule has 2 aromatic rings. The molecular formula is C23H29NO2. The van der Waals surface area contributed by atoms with Crippen LogP contribution in [0.25, 0.3) is 0 Å². The first kappa shape index (κ1) is 19.9. The molecule has 0 aliphatic heterocycles. The summed E-state index contributed by atoms with van der Waals surface area (Å²) in [5.74, 6) is -0.622. The second-order valence-electron chi connectivity index (χ2n) is 6.32. The Kier molecular flexibility index (Phi) is 8.10. The molecule has 0 amide bonds. The summed E-state index contributed by atoms with van der Waals surface area (Å²) in [5, 5.41) is 0. The van der Waals surface area contributed by atoms with Gasteiger partial charge in [-0.3, -0.25) is 4.79 Å². The van der Waals surface area contributed by atoms with Crippen LogP contribution in [0.15, 0.2) is 73.3 Å². The Labute approximate surface area is 157 Å². The molecule has 0 aliphatic rings. The Morgan fingerprint density at radius 1 is 1.00 bits per heavy atom. The fourth-order valence-corrected chi connectivity index (χ4v) is 3.10. The van der Waals surface area contributed by atoms with E-state index in [1.807, 2.05) is 66.7 Å². The lowest BCUT2D eigenvalue weighted by Gasteiger charge is -2.26. The summed E-state index contributed by atoms with van der Waals surface area (Å²) in [6.45, 7) is 10.6. The van der Waals surface area contributed by atoms with Crippen molar-refractivity contribution in [2.75, 3.05) is 19.6 Å². The van der Waals surface area contributed by atoms with Crippen LogP contribution in [0, 0.1) is 0 Å². The van der Waals surface area contributed by atoms with Gasteiger partial charge in [0.15, 0.2) is 0 Å². The lowest BCUT2D eigenvalue weighted by Crippen LogP contribution is -2.36. The quantitative estimate of drug-likeness (QED) is 0.461. The van der Waals surface area contributed by atoms with Gasteiger partial charge in [-0.25, -0.2) is 0 Å². The SMILES string of the molecule is C=CCC(CN(CC)CC)OC(=O)C(c1ccccc1)c1ccccc1. The average molecular weight is 351 g/mol. The highest BCUT2D eigenvalue weighted by molar-refractivity contribution is 5.82. The van der Waals surface area contributed by atoms with E-state index in [9.17, 15) is 4.79 Å². The highest BCUT2D eigenvalue weighted by Gasteiger charge is 2.27. The number of esters is 1. The second kappa shape index (κ2) is 10.6. The first-order valence-electron chi connectivity index (χ1n) is 9.33. The molecular weight excluding hydrogens is 322 g/mol. The third-order valence-corrected chi connectivity index (χ3v) is 4.57. The molecule has 0 bridgehead atoms. The summed E-state index contributed by atoms with van der Waals surface area (Å²) in [5.41, 5.74) is 1.90. The Hall–Kier alpha value is -2.39. The van der Waals surface area contributed by atoms with Crippen LogP contribution >= 0.6 is 0 Å². The fraction of sp³-hybridized carbons (Fsp3) is 0.348. The molecule has 0 saturated heterocycles. The number of ether oxygens (including phenoxy) is 1. The number of hydrogen-bond acceptors (Lipinski definition) is 3. The van der Waals surface area contributed by atoms with E-state index in [1.54, 1.807) is 0 Å². The summed E-state index contributed by atoms with van der Waals surface area (Å²) in [6.07, 6.45) is 2.29. The van der Waals surface area contributed by atoms with E-state index in [-0.39, 0.29) is 12.1 Å². The van der Waals surface area contributed by atoms with Crippen molar-refractivity contribution in [3.05, 3.63) is 84.4 Å². The van der Waals surface area contributed by atoms with Crippen LogP contribution in [-0.4, -0.2) is 36.6 Å². The van der Waals surface area contributed by atoms with Gasteiger partial charge in [-0.05, 0) is 24.2 Å². The van der Waals surface area contributed by atoms with Gasteiger partial charge in [0.05, 0.1) is 0 Å². The van der Waals surface area contributed by atoms with Gasteiger partial charge in [-0.15, -0.1) is 6.58 Å². The maximum atomic E-state index is 13.1. The zero-order chi connectivity index (χ0) is 18.8. The van der Waals surface area contributed by atoms with Crippen molar-refractivity contribution >= 4 is 5.97 Å². The van der Waals surface area contributed by atoms with Crippen LogP contribution in [0.4, 0.5) is 0 Å². The van der Waals surface area contributed by atoms with E-state index in [1.165, 1.54) is 0 Å². The van der Waals surface area contributed by atoms with Crippen LogP contribution in [0.5, 0.6) is 0 Å². The van der Waals surface area contributed by atoms with E-state index in [0.717, 1.165) is 30.8 Å². The van der Waals surface area contributed by atoms with Crippen molar-refractivity contribution in [1.82, 2.24) is 4.90 Å². The van der Waals surface area contributed by atoms with Gasteiger partial charge in [-0.1, -0.05) is 80.6 Å². The third-order valence-electron chi connectivity index (χ3n) is 4.57. The van der Waals surface area contributed by atoms with Crippen LogP contribution in [-0.2, 0) is 9.53 Å². The van der Waals surface area contributed by atoms with Crippen molar-refractivity contribution < 1.29 is 9.53 Å². The zero-order valence-electron chi connectivity index (χ0n) is 15.8. The maximum Gasteiger partial charge on any atom is 0.318 e. The predicted octanol–water partition coefficient (Wildman–Crippen LogP) is 4.65. The lowest BCUT2D eigenvalue weighted by atomic mass is 9.91. The molecule has 1 unspecified atom stereocenters. The molecule has 2 rings (SSSR count). The van der Waals surface area contributed by atoms with E-state index in [4.69, 9.17) is 4.74 Å². The van der Waals surface area contributed by atoms with Gasteiger partial charge in [0.25, 0.3) is 0 Å². The number of likely N-dealkylation sites (N-methyl/N-ethyl adjacent to an activating group) is 1. The molecule has 0 radical (unpaired) electrons. The molecule has 0 N–H and O–H groups in total. The zero-order valence-corrected chi connectivity index (χ0v) is 15.8. The lowest BCUT2D eigenvalue weighted by molar-refractivity contribution is -0.150. The molecule has 2 aromatic carbocycles. The Morgan fingerprint density at radius 3 is 1.92 bits per heavy atom. The number of carbonyl (C=O) groups excluding carboxylic acids is 1. The van der Waals surface area contributed by atoms with Crippen LogP contribution in [0.3, 0.4) is 0 Å². The van der Waals surface area contributed by atoms with Crippen LogP contribution in [0.2, 0.25) is 0 Å². The largest absolute Gasteiger partial charge is 0.460 e. The van der Waals surface area contributed by atoms with Crippen LogP contribution < -0.4 is 0 Å². The molecule has 138 valence electrons. The van der Waals surface area contributed by atoms with E-state index < -0.39 is 5.92 Å². The van der Waals surface area contributed by atoms with Crippen molar-refractivity contribution in [2.24, 2.45) is 0 Å². The van der Waals surface area contributed by atoms with Gasteiger partial charge in [0, 0.05) is 13.0 Å². The number of benzene rings is 2. The molecule has 0 saturated carbocycles. The second-order valence-corrected chi connectivity index (χ2v) is 6.32. The van der Waals surface area contributed by atoms with Crippen molar-refractivity contribution in [3.8, 4) is 0 Å². The van der Waals surface area contributed by atoms with Gasteiger partial charge in [-0.2, -0.15) is 0 Å². The van der Waals surface area contributed by atoms with Gasteiger partial charge < -0.3 is 9.64 Å². The van der Waals surface area contributed by atoms with E-state index in [2.05, 4.69) is 25.3 Å². The van der Waals surface area contributed by atoms with Crippen molar-refractivity contribution in [1.29, 1.82) is 0 Å². The standard InChI is InChI=1S/C23H29NO2/c1-4-13-21(18-24(5-2)6-3)26-23(25)22(19-14-9-7-10-15-19)20-16-11-8-12-17-20/h4,7-12,14-17,21-22H,1,5-6,13,18H2,2-3H3. The summed E-state index contributed by atoms with van der Waals surface area (Å²) in [6, 6.07) is 19.6. The summed E-state index contributed by atoms with van der Waals surface area (Å²) >= 11 is 0. The van der Waals surface area contributed by atoms with E-state index in [0.29, 0.717) is 6.42 Å². The number of hydrogen-bond donors (Lipinski definition) is 0. The number of carbonyl (C=O) groups is 1. The summed E-state index contributed by atoms with van der Waals surface area (Å²) < 4.78 is 5.94. The maximum absolute atomic E-state index is 13.1. The molecule has 3 heteroatoms. The normalized spacial score (nSPS) is 12.2. The third kappa shape index (κ3) is 5.57. The Balaban J connectivity index is 2.23. The van der Waals surface area contributed by atoms with E-state index >= 15 is 0 Å². The van der Waals surface area contributed by atoms with Crippen LogP contribution in [0.1, 0.15) is 37.3 Å². The number of rotatable bonds is 10. The molecule has 0 heterocycles. The van der Waals surface area contributed by atoms with Gasteiger partial charge in [0.2, 0.25) is 0 Å². The highest BCUT2D eigenvalue weighted by atomic mass is 16.5. The first-order valence-corrected chi connectivity index (χ1v) is 9.33. The Bertz CT molecular complexity index is 626. The molecule has 1 atom stereocenters. The first-order chi connectivity index (χ1) is 12.7. The molecule has 0 fully saturated rings. The fourth-order valence-electron chi connectivity index (χ4n) is 3.10. The monoisotopic (exact) mass is 351 g/mol. The Morgan fingerprint density at radius 2 is 1.50 bits per heavy atom. The highest BCUT2D eigenvalue weighted by Crippen LogP contribution is 2.26. The molecule has 0 aromatic heterocycles. The topological polar surface area (TPSA) is 29.5 Å². The molecule has 3 nitrogen and oxygen atoms in total. The van der Waals surface area contributed by atoms with Gasteiger partial charge >= 0.3 is 5.97 Å². The van der Waals surface area contributed by atoms with Crippen molar-refractivity contribution in [2.45, 2.75) is 32.3 Å². The summed E-state index contributed by atoms with van der Waals surface area (Å²) in [4.78, 5) is 15.4. The molecule has 0 spiro atoms. The number of nitrogens with zero attached hydrogens (tertiary/aromatic N) is 1. The minimum Gasteiger partial charge on any atom is -0.460 e. The van der Waals surface area contributed by atoms with Gasteiger partial charge in [0.1, 0.15) is 12.0 Å². The smallest absolute Gasteiger partial charge is 0.318 e. The molecule has 26 heavy (non-hydrogen) atoms.